The van der Waals surface area contributed by atoms with E-state index in [1.54, 1.807) is 30.3 Å². The van der Waals surface area contributed by atoms with E-state index in [0.29, 0.717) is 62.9 Å². The van der Waals surface area contributed by atoms with Gasteiger partial charge in [-0.3, -0.25) is 19.4 Å². The van der Waals surface area contributed by atoms with Crippen LogP contribution in [0.1, 0.15) is 5.56 Å². The number of aliphatic imine (C=N–C) groups is 1. The molecule has 2 atom stereocenters. The fourth-order valence-electron chi connectivity index (χ4n) is 5.52. The number of likely N-dealkylation sites (N-methyl/N-ethyl adjacent to an activating group) is 1. The SMILES string of the molecule is CN1CCN(c2ccc(-c3cc(CN4CCOCC4)ccc3F)cc2NC(=O)C2C=NC(=O)C=C2C(F)(F)F)CC1CO. The van der Waals surface area contributed by atoms with Gasteiger partial charge in [0.2, 0.25) is 5.91 Å². The van der Waals surface area contributed by atoms with Crippen molar-refractivity contribution in [2.75, 3.05) is 69.8 Å². The topological polar surface area (TPSA) is 97.7 Å². The predicted octanol–water partition coefficient (Wildman–Crippen LogP) is 3.09. The molecule has 0 aliphatic carbocycles. The zero-order chi connectivity index (χ0) is 30.7. The van der Waals surface area contributed by atoms with Gasteiger partial charge in [0.05, 0.1) is 42.8 Å². The number of alkyl halides is 3. The van der Waals surface area contributed by atoms with E-state index in [-0.39, 0.29) is 23.9 Å². The summed E-state index contributed by atoms with van der Waals surface area (Å²) < 4.78 is 61.8. The van der Waals surface area contributed by atoms with Gasteiger partial charge in [-0.1, -0.05) is 12.1 Å². The number of carbonyl (C=O) groups excluding carboxylic acids is 2. The van der Waals surface area contributed by atoms with Crippen molar-refractivity contribution in [3.63, 3.8) is 0 Å². The molecule has 3 aliphatic rings. The number of aliphatic hydroxyl groups is 1. The van der Waals surface area contributed by atoms with Crippen molar-refractivity contribution in [2.24, 2.45) is 10.9 Å². The first-order valence-corrected chi connectivity index (χ1v) is 14.0. The average Bonchev–Trinajstić information content (AvgIpc) is 2.98. The maximum atomic E-state index is 15.2. The van der Waals surface area contributed by atoms with E-state index in [9.17, 15) is 27.9 Å². The van der Waals surface area contributed by atoms with E-state index in [1.807, 2.05) is 16.8 Å². The second-order valence-electron chi connectivity index (χ2n) is 10.9. The summed E-state index contributed by atoms with van der Waals surface area (Å²) in [6.07, 6.45) is -3.91. The molecule has 2 N–H and O–H groups in total. The Labute approximate surface area is 246 Å². The highest BCUT2D eigenvalue weighted by molar-refractivity contribution is 6.11. The molecule has 230 valence electrons. The smallest absolute Gasteiger partial charge is 0.395 e. The lowest BCUT2D eigenvalue weighted by molar-refractivity contribution is -0.124. The average molecular weight is 604 g/mol. The summed E-state index contributed by atoms with van der Waals surface area (Å²) in [4.78, 5) is 34.4. The third-order valence-corrected chi connectivity index (χ3v) is 8.01. The molecular weight excluding hydrogens is 570 g/mol. The first kappa shape index (κ1) is 30.8. The minimum atomic E-state index is -4.93. The molecule has 0 radical (unpaired) electrons. The second kappa shape index (κ2) is 12.9. The Kier molecular flexibility index (Phi) is 9.25. The summed E-state index contributed by atoms with van der Waals surface area (Å²) in [5.41, 5.74) is 0.946. The van der Waals surface area contributed by atoms with E-state index in [4.69, 9.17) is 4.74 Å². The molecule has 2 fully saturated rings. The van der Waals surface area contributed by atoms with Crippen LogP contribution in [0, 0.1) is 11.7 Å². The van der Waals surface area contributed by atoms with Gasteiger partial charge in [0.1, 0.15) is 11.7 Å². The van der Waals surface area contributed by atoms with Crippen molar-refractivity contribution in [2.45, 2.75) is 18.8 Å². The highest BCUT2D eigenvalue weighted by Crippen LogP contribution is 2.37. The first-order chi connectivity index (χ1) is 20.5. The van der Waals surface area contributed by atoms with E-state index in [1.165, 1.54) is 6.07 Å². The summed E-state index contributed by atoms with van der Waals surface area (Å²) in [5, 5.41) is 12.5. The molecule has 2 amide bonds. The van der Waals surface area contributed by atoms with Crippen molar-refractivity contribution < 1.29 is 37.0 Å². The number of nitrogens with one attached hydrogen (secondary N) is 1. The van der Waals surface area contributed by atoms with Crippen LogP contribution < -0.4 is 10.2 Å². The summed E-state index contributed by atoms with van der Waals surface area (Å²) in [5.74, 6) is -4.47. The number of carbonyl (C=O) groups is 2. The van der Waals surface area contributed by atoms with Crippen molar-refractivity contribution in [3.8, 4) is 11.1 Å². The maximum absolute atomic E-state index is 15.2. The predicted molar refractivity (Wildman–Crippen MR) is 153 cm³/mol. The quantitative estimate of drug-likeness (QED) is 0.470. The molecule has 2 aromatic rings. The molecule has 2 aromatic carbocycles. The highest BCUT2D eigenvalue weighted by Gasteiger charge is 2.43. The minimum absolute atomic E-state index is 0.111. The summed E-state index contributed by atoms with van der Waals surface area (Å²) in [6, 6.07) is 9.54. The Morgan fingerprint density at radius 3 is 2.60 bits per heavy atom. The van der Waals surface area contributed by atoms with E-state index >= 15 is 4.39 Å². The minimum Gasteiger partial charge on any atom is -0.395 e. The van der Waals surface area contributed by atoms with Gasteiger partial charge in [0.25, 0.3) is 5.91 Å². The number of hydrogen-bond acceptors (Lipinski definition) is 7. The molecule has 2 saturated heterocycles. The van der Waals surface area contributed by atoms with Crippen molar-refractivity contribution in [1.82, 2.24) is 9.80 Å². The number of amides is 2. The number of aliphatic hydroxyl groups excluding tert-OH is 1. The van der Waals surface area contributed by atoms with Gasteiger partial charge in [-0.25, -0.2) is 9.38 Å². The van der Waals surface area contributed by atoms with E-state index in [0.717, 1.165) is 18.7 Å². The summed E-state index contributed by atoms with van der Waals surface area (Å²) in [6.45, 7) is 4.73. The number of hydrogen-bond donors (Lipinski definition) is 2. The molecule has 43 heavy (non-hydrogen) atoms. The standard InChI is InChI=1S/C30H33F4N5O4/c1-37-6-7-39(17-21(37)18-40)27-5-3-20(22-12-19(2-4-25(22)31)16-38-8-10-43-11-9-38)13-26(27)36-29(42)23-15-35-28(41)14-24(23)30(32,33)34/h2-5,12-15,21,23,40H,6-11,16-18H2,1H3,(H,36,42). The van der Waals surface area contributed by atoms with Crippen LogP contribution >= 0.6 is 0 Å². The Morgan fingerprint density at radius 1 is 1.12 bits per heavy atom. The van der Waals surface area contributed by atoms with Gasteiger partial charge in [0, 0.05) is 57.1 Å². The lowest BCUT2D eigenvalue weighted by Gasteiger charge is -2.40. The van der Waals surface area contributed by atoms with E-state index in [2.05, 4.69) is 15.2 Å². The van der Waals surface area contributed by atoms with Crippen LogP contribution in [0.2, 0.25) is 0 Å². The number of halogens is 4. The monoisotopic (exact) mass is 603 g/mol. The molecule has 0 spiro atoms. The van der Waals surface area contributed by atoms with Crippen LogP contribution in [-0.2, 0) is 20.9 Å². The van der Waals surface area contributed by atoms with Gasteiger partial charge < -0.3 is 20.1 Å². The van der Waals surface area contributed by atoms with Crippen LogP contribution in [0.5, 0.6) is 0 Å². The van der Waals surface area contributed by atoms with Gasteiger partial charge >= 0.3 is 6.18 Å². The van der Waals surface area contributed by atoms with Gasteiger partial charge in [0.15, 0.2) is 0 Å². The van der Waals surface area contributed by atoms with Crippen molar-refractivity contribution in [3.05, 3.63) is 59.4 Å². The molecule has 9 nitrogen and oxygen atoms in total. The molecular formula is C30H33F4N5O4. The number of dihydropyridines is 1. The molecule has 0 saturated carbocycles. The second-order valence-corrected chi connectivity index (χ2v) is 10.9. The number of nitrogens with zero attached hydrogens (tertiary/aromatic N) is 4. The fourth-order valence-corrected chi connectivity index (χ4v) is 5.52. The third-order valence-electron chi connectivity index (χ3n) is 8.01. The number of rotatable bonds is 7. The van der Waals surface area contributed by atoms with Crippen molar-refractivity contribution >= 4 is 29.4 Å². The van der Waals surface area contributed by atoms with Crippen LogP contribution in [0.4, 0.5) is 28.9 Å². The Balaban J connectivity index is 1.50. The van der Waals surface area contributed by atoms with E-state index < -0.39 is 35.3 Å². The molecule has 0 bridgehead atoms. The molecule has 2 unspecified atom stereocenters. The first-order valence-electron chi connectivity index (χ1n) is 14.0. The number of morpholine rings is 1. The molecule has 13 heteroatoms. The zero-order valence-electron chi connectivity index (χ0n) is 23.6. The van der Waals surface area contributed by atoms with Crippen LogP contribution in [0.15, 0.2) is 53.0 Å². The largest absolute Gasteiger partial charge is 0.414 e. The van der Waals surface area contributed by atoms with Crippen molar-refractivity contribution in [1.29, 1.82) is 0 Å². The zero-order valence-corrected chi connectivity index (χ0v) is 23.6. The lowest BCUT2D eigenvalue weighted by Crippen LogP contribution is -2.53. The van der Waals surface area contributed by atoms with Gasteiger partial charge in [-0.15, -0.1) is 0 Å². The Bertz CT molecular complexity index is 1420. The summed E-state index contributed by atoms with van der Waals surface area (Å²) >= 11 is 0. The molecule has 3 heterocycles. The maximum Gasteiger partial charge on any atom is 0.414 e. The molecule has 0 aromatic heterocycles. The highest BCUT2D eigenvalue weighted by atomic mass is 19.4. The lowest BCUT2D eigenvalue weighted by atomic mass is 9.95. The molecule has 5 rings (SSSR count). The summed E-state index contributed by atoms with van der Waals surface area (Å²) in [7, 11) is 1.88. The normalized spacial score (nSPS) is 22.0. The number of anilines is 2. The Morgan fingerprint density at radius 2 is 1.88 bits per heavy atom. The van der Waals surface area contributed by atoms with Gasteiger partial charge in [-0.2, -0.15) is 13.2 Å². The fraction of sp³-hybridized carbons (Fsp3) is 0.433. The van der Waals surface area contributed by atoms with Crippen LogP contribution in [0.3, 0.4) is 0 Å². The van der Waals surface area contributed by atoms with Crippen LogP contribution in [-0.4, -0.2) is 105 Å². The Hall–Kier alpha value is -3.65. The number of ether oxygens (including phenoxy) is 1. The van der Waals surface area contributed by atoms with Gasteiger partial charge in [-0.05, 0) is 42.4 Å². The number of benzene rings is 2. The number of piperazine rings is 1. The molecule has 3 aliphatic heterocycles. The third kappa shape index (κ3) is 7.12. The van der Waals surface area contributed by atoms with Crippen LogP contribution in [0.25, 0.3) is 11.1 Å².